The zero-order valence-corrected chi connectivity index (χ0v) is 9.39. The molecule has 0 radical (unpaired) electrons. The van der Waals surface area contributed by atoms with Gasteiger partial charge in [-0.1, -0.05) is 34.4 Å². The number of rotatable bonds is 4. The average Bonchev–Trinajstić information content (AvgIpc) is 2.24. The molecule has 0 amide bonds. The number of oxime groups is 1. The molecule has 6 heteroatoms. The molecule has 0 saturated heterocycles. The standard InChI is InChI=1S/C9H11Cl2N3O/c10-6-2-1-3-7(9(6)11)13-5-4-8(12)14-15/h1-3,13,15H,4-5H2,(H2,12,14). The molecule has 0 spiro atoms. The zero-order chi connectivity index (χ0) is 11.3. The number of hydrogen-bond donors (Lipinski definition) is 3. The van der Waals surface area contributed by atoms with Crippen LogP contribution in [-0.4, -0.2) is 17.6 Å². The summed E-state index contributed by atoms with van der Waals surface area (Å²) in [6.45, 7) is 0.524. The predicted octanol–water partition coefficient (Wildman–Crippen LogP) is 2.54. The third kappa shape index (κ3) is 3.49. The zero-order valence-electron chi connectivity index (χ0n) is 7.87. The molecule has 0 aliphatic heterocycles. The summed E-state index contributed by atoms with van der Waals surface area (Å²) in [6, 6.07) is 5.30. The van der Waals surface area contributed by atoms with Crippen LogP contribution in [0.25, 0.3) is 0 Å². The summed E-state index contributed by atoms with van der Waals surface area (Å²) in [5.74, 6) is 0.167. The molecule has 4 nitrogen and oxygen atoms in total. The number of benzene rings is 1. The lowest BCUT2D eigenvalue weighted by Crippen LogP contribution is -2.16. The van der Waals surface area contributed by atoms with Gasteiger partial charge in [0.15, 0.2) is 0 Å². The monoisotopic (exact) mass is 247 g/mol. The van der Waals surface area contributed by atoms with Gasteiger partial charge in [-0.25, -0.2) is 0 Å². The van der Waals surface area contributed by atoms with Crippen LogP contribution in [0.3, 0.4) is 0 Å². The van der Waals surface area contributed by atoms with E-state index in [1.807, 2.05) is 0 Å². The highest BCUT2D eigenvalue weighted by Crippen LogP contribution is 2.29. The molecule has 0 unspecified atom stereocenters. The fourth-order valence-electron chi connectivity index (χ4n) is 1.02. The van der Waals surface area contributed by atoms with Gasteiger partial charge in [-0.15, -0.1) is 0 Å². The average molecular weight is 248 g/mol. The van der Waals surface area contributed by atoms with Gasteiger partial charge in [0, 0.05) is 13.0 Å². The molecule has 0 aliphatic carbocycles. The molecular formula is C9H11Cl2N3O. The Bertz CT molecular complexity index is 368. The second kappa shape index (κ2) is 5.68. The molecule has 0 aliphatic rings. The van der Waals surface area contributed by atoms with Crippen molar-refractivity contribution >= 4 is 34.7 Å². The number of nitrogens with one attached hydrogen (secondary N) is 1. The van der Waals surface area contributed by atoms with Gasteiger partial charge in [0.25, 0.3) is 0 Å². The summed E-state index contributed by atoms with van der Waals surface area (Å²) >= 11 is 11.8. The van der Waals surface area contributed by atoms with Gasteiger partial charge in [-0.3, -0.25) is 0 Å². The molecule has 0 saturated carbocycles. The van der Waals surface area contributed by atoms with E-state index >= 15 is 0 Å². The second-order valence-corrected chi connectivity index (χ2v) is 3.65. The summed E-state index contributed by atoms with van der Waals surface area (Å²) in [4.78, 5) is 0. The van der Waals surface area contributed by atoms with Crippen LogP contribution in [0.4, 0.5) is 5.69 Å². The van der Waals surface area contributed by atoms with Gasteiger partial charge in [-0.05, 0) is 12.1 Å². The first kappa shape index (κ1) is 11.9. The van der Waals surface area contributed by atoms with E-state index in [0.717, 1.165) is 5.69 Å². The van der Waals surface area contributed by atoms with E-state index < -0.39 is 0 Å². The lowest BCUT2D eigenvalue weighted by molar-refractivity contribution is 0.317. The highest BCUT2D eigenvalue weighted by atomic mass is 35.5. The summed E-state index contributed by atoms with van der Waals surface area (Å²) in [5, 5.41) is 15.2. The maximum atomic E-state index is 8.32. The Labute approximate surface area is 97.7 Å². The second-order valence-electron chi connectivity index (χ2n) is 2.87. The molecule has 82 valence electrons. The van der Waals surface area contributed by atoms with Crippen molar-refractivity contribution < 1.29 is 5.21 Å². The number of hydrogen-bond acceptors (Lipinski definition) is 3. The molecule has 1 aromatic carbocycles. The van der Waals surface area contributed by atoms with Crippen LogP contribution in [0.2, 0.25) is 10.0 Å². The Balaban J connectivity index is 2.55. The Morgan fingerprint density at radius 2 is 2.20 bits per heavy atom. The van der Waals surface area contributed by atoms with Gasteiger partial charge in [0.2, 0.25) is 0 Å². The molecule has 0 atom stereocenters. The highest BCUT2D eigenvalue weighted by molar-refractivity contribution is 6.43. The first-order valence-electron chi connectivity index (χ1n) is 4.29. The topological polar surface area (TPSA) is 70.6 Å². The van der Waals surface area contributed by atoms with E-state index in [-0.39, 0.29) is 5.84 Å². The molecule has 1 rings (SSSR count). The van der Waals surface area contributed by atoms with Crippen LogP contribution in [0.5, 0.6) is 0 Å². The third-order valence-corrected chi connectivity index (χ3v) is 2.60. The molecule has 4 N–H and O–H groups in total. The van der Waals surface area contributed by atoms with Crippen LogP contribution in [0, 0.1) is 0 Å². The van der Waals surface area contributed by atoms with Gasteiger partial charge >= 0.3 is 0 Å². The van der Waals surface area contributed by atoms with E-state index in [9.17, 15) is 0 Å². The van der Waals surface area contributed by atoms with Crippen LogP contribution in [0.1, 0.15) is 6.42 Å². The summed E-state index contributed by atoms with van der Waals surface area (Å²) in [5.41, 5.74) is 6.04. The Morgan fingerprint density at radius 1 is 1.47 bits per heavy atom. The van der Waals surface area contributed by atoms with Crippen LogP contribution >= 0.6 is 23.2 Å². The quantitative estimate of drug-likeness (QED) is 0.332. The first-order chi connectivity index (χ1) is 7.15. The number of amidine groups is 1. The number of halogens is 2. The van der Waals surface area contributed by atoms with Crippen LogP contribution in [-0.2, 0) is 0 Å². The number of anilines is 1. The lowest BCUT2D eigenvalue weighted by atomic mass is 10.3. The van der Waals surface area contributed by atoms with Gasteiger partial charge in [0.1, 0.15) is 5.84 Å². The molecule has 1 aromatic rings. The van der Waals surface area contributed by atoms with E-state index in [1.165, 1.54) is 0 Å². The van der Waals surface area contributed by atoms with Gasteiger partial charge in [0.05, 0.1) is 15.7 Å². The Kier molecular flexibility index (Phi) is 4.52. The molecule has 15 heavy (non-hydrogen) atoms. The molecule has 0 heterocycles. The Morgan fingerprint density at radius 3 is 2.87 bits per heavy atom. The van der Waals surface area contributed by atoms with Crippen LogP contribution in [0.15, 0.2) is 23.4 Å². The third-order valence-electron chi connectivity index (χ3n) is 1.78. The minimum absolute atomic E-state index is 0.167. The molecule has 0 bridgehead atoms. The van der Waals surface area contributed by atoms with Crippen molar-refractivity contribution in [3.63, 3.8) is 0 Å². The van der Waals surface area contributed by atoms with Crippen molar-refractivity contribution in [2.24, 2.45) is 10.9 Å². The highest BCUT2D eigenvalue weighted by Gasteiger charge is 2.03. The van der Waals surface area contributed by atoms with E-state index in [2.05, 4.69) is 10.5 Å². The SMILES string of the molecule is NC(CCNc1cccc(Cl)c1Cl)=NO. The largest absolute Gasteiger partial charge is 0.409 e. The first-order valence-corrected chi connectivity index (χ1v) is 5.05. The summed E-state index contributed by atoms with van der Waals surface area (Å²) < 4.78 is 0. The maximum absolute atomic E-state index is 8.32. The smallest absolute Gasteiger partial charge is 0.140 e. The van der Waals surface area contributed by atoms with Crippen molar-refractivity contribution in [3.05, 3.63) is 28.2 Å². The van der Waals surface area contributed by atoms with Gasteiger partial charge < -0.3 is 16.3 Å². The number of nitrogens with two attached hydrogens (primary N) is 1. The molecule has 0 fully saturated rings. The van der Waals surface area contributed by atoms with Gasteiger partial charge in [-0.2, -0.15) is 0 Å². The number of nitrogens with zero attached hydrogens (tertiary/aromatic N) is 1. The van der Waals surface area contributed by atoms with Crippen LogP contribution < -0.4 is 11.1 Å². The van der Waals surface area contributed by atoms with Crippen molar-refractivity contribution in [2.45, 2.75) is 6.42 Å². The molecule has 0 aromatic heterocycles. The van der Waals surface area contributed by atoms with E-state index in [4.69, 9.17) is 34.1 Å². The van der Waals surface area contributed by atoms with E-state index in [0.29, 0.717) is 23.0 Å². The summed E-state index contributed by atoms with van der Waals surface area (Å²) in [7, 11) is 0. The summed E-state index contributed by atoms with van der Waals surface area (Å²) in [6.07, 6.45) is 0.430. The fraction of sp³-hybridized carbons (Fsp3) is 0.222. The predicted molar refractivity (Wildman–Crippen MR) is 63.0 cm³/mol. The minimum Gasteiger partial charge on any atom is -0.409 e. The Hall–Kier alpha value is -1.13. The van der Waals surface area contributed by atoms with Crippen molar-refractivity contribution in [3.8, 4) is 0 Å². The molecular weight excluding hydrogens is 237 g/mol. The van der Waals surface area contributed by atoms with E-state index in [1.54, 1.807) is 18.2 Å². The minimum atomic E-state index is 0.167. The van der Waals surface area contributed by atoms with Crippen molar-refractivity contribution in [1.29, 1.82) is 0 Å². The van der Waals surface area contributed by atoms with Crippen molar-refractivity contribution in [2.75, 3.05) is 11.9 Å². The van der Waals surface area contributed by atoms with Crippen molar-refractivity contribution in [1.82, 2.24) is 0 Å². The maximum Gasteiger partial charge on any atom is 0.140 e. The lowest BCUT2D eigenvalue weighted by Gasteiger charge is -2.08. The fourth-order valence-corrected chi connectivity index (χ4v) is 1.38. The normalized spacial score (nSPS) is 11.5.